The van der Waals surface area contributed by atoms with E-state index in [-0.39, 0.29) is 24.6 Å². The van der Waals surface area contributed by atoms with Crippen LogP contribution in [0.1, 0.15) is 6.92 Å². The number of non-ortho nitro benzene ring substituents is 1. The summed E-state index contributed by atoms with van der Waals surface area (Å²) in [5, 5.41) is 29.2. The second kappa shape index (κ2) is 5.89. The van der Waals surface area contributed by atoms with E-state index in [9.17, 15) is 20.2 Å². The number of benzene rings is 1. The van der Waals surface area contributed by atoms with E-state index in [1.807, 2.05) is 0 Å². The smallest absolute Gasteiger partial charge is 0.343 e. The van der Waals surface area contributed by atoms with E-state index in [1.165, 1.54) is 24.3 Å². The van der Waals surface area contributed by atoms with E-state index in [2.05, 4.69) is 10.2 Å². The lowest BCUT2D eigenvalue weighted by molar-refractivity contribution is -0.590. The van der Waals surface area contributed by atoms with Crippen LogP contribution in [0.2, 0.25) is 0 Å². The molecule has 112 valence electrons. The summed E-state index contributed by atoms with van der Waals surface area (Å²) in [6.07, 6.45) is -0.550. The first-order valence-corrected chi connectivity index (χ1v) is 5.98. The third kappa shape index (κ3) is 3.35. The third-order valence-corrected chi connectivity index (χ3v) is 2.83. The van der Waals surface area contributed by atoms with Crippen LogP contribution in [0.4, 0.5) is 11.4 Å². The zero-order valence-corrected chi connectivity index (χ0v) is 11.0. The minimum Gasteiger partial charge on any atom is -0.343 e. The highest BCUT2D eigenvalue weighted by atomic mass is 16.7. The molecule has 0 radical (unpaired) electrons. The normalized spacial score (nSPS) is 25.9. The van der Waals surface area contributed by atoms with Crippen molar-refractivity contribution in [3.05, 3.63) is 44.5 Å². The summed E-state index contributed by atoms with van der Waals surface area (Å²) in [6, 6.07) is 5.33. The van der Waals surface area contributed by atoms with E-state index in [1.54, 1.807) is 6.92 Å². The first-order valence-electron chi connectivity index (χ1n) is 5.98. The maximum atomic E-state index is 11.2. The second-order valence-corrected chi connectivity index (χ2v) is 4.41. The first kappa shape index (κ1) is 14.9. The van der Waals surface area contributed by atoms with Gasteiger partial charge in [-0.1, -0.05) is 6.07 Å². The molecular formula is C11H12N4O6. The van der Waals surface area contributed by atoms with Gasteiger partial charge < -0.3 is 9.47 Å². The number of azo groups is 1. The SMILES string of the molecule is CC1OCC(N=Nc2cccc([N+](=O)[O-])c2)([N+](=O)[O-])CO1. The van der Waals surface area contributed by atoms with Crippen molar-refractivity contribution in [3.8, 4) is 0 Å². The highest BCUT2D eigenvalue weighted by molar-refractivity contribution is 5.46. The minimum absolute atomic E-state index is 0.143. The summed E-state index contributed by atoms with van der Waals surface area (Å²) < 4.78 is 10.2. The van der Waals surface area contributed by atoms with Gasteiger partial charge in [0.05, 0.1) is 15.5 Å². The molecule has 2 rings (SSSR count). The van der Waals surface area contributed by atoms with Crippen molar-refractivity contribution in [1.82, 2.24) is 0 Å². The average molecular weight is 296 g/mol. The van der Waals surface area contributed by atoms with Gasteiger partial charge in [0.25, 0.3) is 5.69 Å². The molecule has 10 nitrogen and oxygen atoms in total. The van der Waals surface area contributed by atoms with E-state index in [0.29, 0.717) is 0 Å². The Morgan fingerprint density at radius 2 is 1.95 bits per heavy atom. The predicted molar refractivity (Wildman–Crippen MR) is 68.7 cm³/mol. The third-order valence-electron chi connectivity index (χ3n) is 2.83. The second-order valence-electron chi connectivity index (χ2n) is 4.41. The number of hydrogen-bond acceptors (Lipinski definition) is 8. The fraction of sp³-hybridized carbons (Fsp3) is 0.455. The zero-order valence-electron chi connectivity index (χ0n) is 11.0. The summed E-state index contributed by atoms with van der Waals surface area (Å²) in [5.74, 6) is 0. The molecular weight excluding hydrogens is 284 g/mol. The van der Waals surface area contributed by atoms with Crippen LogP contribution in [0.3, 0.4) is 0 Å². The standard InChI is InChI=1S/C11H12N4O6/c1-8-20-6-11(7-21-8,15(18)19)13-12-9-3-2-4-10(5-9)14(16)17/h2-5,8H,6-7H2,1H3. The molecule has 1 aliphatic rings. The summed E-state index contributed by atoms with van der Waals surface area (Å²) in [6.45, 7) is 1.06. The van der Waals surface area contributed by atoms with E-state index >= 15 is 0 Å². The molecule has 1 fully saturated rings. The van der Waals surface area contributed by atoms with Crippen LogP contribution < -0.4 is 0 Å². The van der Waals surface area contributed by atoms with Gasteiger partial charge in [0.1, 0.15) is 13.2 Å². The predicted octanol–water partition coefficient (Wildman–Crippen LogP) is 2.04. The Hall–Kier alpha value is -2.46. The Morgan fingerprint density at radius 1 is 1.29 bits per heavy atom. The molecule has 0 saturated carbocycles. The van der Waals surface area contributed by atoms with Crippen LogP contribution in [0, 0.1) is 20.2 Å². The Labute approximate surface area is 118 Å². The molecule has 0 spiro atoms. The van der Waals surface area contributed by atoms with Gasteiger partial charge in [-0.05, 0) is 13.0 Å². The summed E-state index contributed by atoms with van der Waals surface area (Å²) >= 11 is 0. The molecule has 1 aliphatic heterocycles. The number of nitrogens with zero attached hydrogens (tertiary/aromatic N) is 4. The van der Waals surface area contributed by atoms with Crippen LogP contribution >= 0.6 is 0 Å². The van der Waals surface area contributed by atoms with Crippen LogP contribution in [0.5, 0.6) is 0 Å². The molecule has 0 aromatic heterocycles. The van der Waals surface area contributed by atoms with Crippen molar-refractivity contribution in [2.45, 2.75) is 18.9 Å². The highest BCUT2D eigenvalue weighted by Gasteiger charge is 2.48. The van der Waals surface area contributed by atoms with Gasteiger partial charge in [0, 0.05) is 12.1 Å². The maximum Gasteiger partial charge on any atom is 0.375 e. The van der Waals surface area contributed by atoms with Crippen molar-refractivity contribution < 1.29 is 19.3 Å². The topological polar surface area (TPSA) is 129 Å². The highest BCUT2D eigenvalue weighted by Crippen LogP contribution is 2.25. The number of ether oxygens (including phenoxy) is 2. The van der Waals surface area contributed by atoms with Crippen molar-refractivity contribution in [2.24, 2.45) is 10.2 Å². The van der Waals surface area contributed by atoms with Crippen LogP contribution in [0.15, 0.2) is 34.5 Å². The number of nitro benzene ring substituents is 1. The molecule has 0 atom stereocenters. The molecule has 1 aromatic carbocycles. The fourth-order valence-electron chi connectivity index (χ4n) is 1.61. The number of nitro groups is 2. The van der Waals surface area contributed by atoms with Gasteiger partial charge >= 0.3 is 5.66 Å². The van der Waals surface area contributed by atoms with Crippen molar-refractivity contribution in [3.63, 3.8) is 0 Å². The van der Waals surface area contributed by atoms with Gasteiger partial charge in [0.15, 0.2) is 6.29 Å². The number of rotatable bonds is 4. The summed E-state index contributed by atoms with van der Waals surface area (Å²) in [4.78, 5) is 20.6. The molecule has 1 heterocycles. The molecule has 0 bridgehead atoms. The average Bonchev–Trinajstić information content (AvgIpc) is 2.47. The van der Waals surface area contributed by atoms with Crippen LogP contribution in [-0.4, -0.2) is 35.0 Å². The molecule has 10 heteroatoms. The molecule has 1 aromatic rings. The molecule has 1 saturated heterocycles. The van der Waals surface area contributed by atoms with E-state index in [0.717, 1.165) is 0 Å². The lowest BCUT2D eigenvalue weighted by atomic mass is 10.2. The molecule has 0 N–H and O–H groups in total. The maximum absolute atomic E-state index is 11.2. The van der Waals surface area contributed by atoms with Gasteiger partial charge in [0.2, 0.25) is 0 Å². The minimum atomic E-state index is -1.84. The van der Waals surface area contributed by atoms with Crippen molar-refractivity contribution >= 4 is 11.4 Å². The lowest BCUT2D eigenvalue weighted by Gasteiger charge is -2.28. The molecule has 0 unspecified atom stereocenters. The van der Waals surface area contributed by atoms with Gasteiger partial charge in [-0.2, -0.15) is 0 Å². The molecule has 0 amide bonds. The largest absolute Gasteiger partial charge is 0.375 e. The molecule has 21 heavy (non-hydrogen) atoms. The van der Waals surface area contributed by atoms with Gasteiger partial charge in [-0.15, -0.1) is 10.2 Å². The van der Waals surface area contributed by atoms with Gasteiger partial charge in [-0.3, -0.25) is 20.2 Å². The fourth-order valence-corrected chi connectivity index (χ4v) is 1.61. The zero-order chi connectivity index (χ0) is 15.5. The molecule has 0 aliphatic carbocycles. The monoisotopic (exact) mass is 296 g/mol. The van der Waals surface area contributed by atoms with Crippen LogP contribution in [-0.2, 0) is 9.47 Å². The Kier molecular flexibility index (Phi) is 4.19. The Morgan fingerprint density at radius 3 is 2.52 bits per heavy atom. The lowest BCUT2D eigenvalue weighted by Crippen LogP contribution is -2.50. The van der Waals surface area contributed by atoms with Crippen LogP contribution in [0.25, 0.3) is 0 Å². The quantitative estimate of drug-likeness (QED) is 0.474. The summed E-state index contributed by atoms with van der Waals surface area (Å²) in [7, 11) is 0. The van der Waals surface area contributed by atoms with E-state index in [4.69, 9.17) is 9.47 Å². The van der Waals surface area contributed by atoms with Crippen molar-refractivity contribution in [1.29, 1.82) is 0 Å². The van der Waals surface area contributed by atoms with Crippen molar-refractivity contribution in [2.75, 3.05) is 13.2 Å². The first-order chi connectivity index (χ1) is 9.93. The Balaban J connectivity index is 2.23. The number of hydrogen-bond donors (Lipinski definition) is 0. The Bertz CT molecular complexity index is 582. The van der Waals surface area contributed by atoms with Gasteiger partial charge in [-0.25, -0.2) is 0 Å². The summed E-state index contributed by atoms with van der Waals surface area (Å²) in [5.41, 5.74) is -1.87. The van der Waals surface area contributed by atoms with E-state index < -0.39 is 21.8 Å².